The van der Waals surface area contributed by atoms with E-state index in [9.17, 15) is 0 Å². The third-order valence-corrected chi connectivity index (χ3v) is 3.49. The largest absolute Gasteiger partial charge is 0.322 e. The van der Waals surface area contributed by atoms with Gasteiger partial charge in [-0.15, -0.1) is 0 Å². The summed E-state index contributed by atoms with van der Waals surface area (Å²) in [7, 11) is 0. The zero-order valence-electron chi connectivity index (χ0n) is 9.15. The number of hydrogen-bond donors (Lipinski definition) is 2. The van der Waals surface area contributed by atoms with Crippen molar-refractivity contribution in [3.63, 3.8) is 0 Å². The minimum absolute atomic E-state index is 0.182. The molecular weight excluding hydrogens is 264 g/mol. The molecule has 0 radical (unpaired) electrons. The molecule has 2 rings (SSSR count). The number of benzene rings is 1. The van der Waals surface area contributed by atoms with Crippen LogP contribution in [0.15, 0.2) is 52.5 Å². The van der Waals surface area contributed by atoms with Crippen LogP contribution in [-0.2, 0) is 5.54 Å². The Labute approximate surface area is 104 Å². The highest BCUT2D eigenvalue weighted by atomic mass is 79.9. The van der Waals surface area contributed by atoms with Gasteiger partial charge in [-0.1, -0.05) is 51.9 Å². The van der Waals surface area contributed by atoms with Gasteiger partial charge in [-0.25, -0.2) is 0 Å². The van der Waals surface area contributed by atoms with E-state index in [1.54, 1.807) is 0 Å². The summed E-state index contributed by atoms with van der Waals surface area (Å²) in [6.07, 6.45) is 6.00. The van der Waals surface area contributed by atoms with E-state index < -0.39 is 5.54 Å². The second-order valence-electron chi connectivity index (χ2n) is 4.21. The first kappa shape index (κ1) is 11.6. The van der Waals surface area contributed by atoms with Crippen molar-refractivity contribution < 1.29 is 0 Å². The van der Waals surface area contributed by atoms with E-state index in [-0.39, 0.29) is 6.04 Å². The zero-order chi connectivity index (χ0) is 11.8. The van der Waals surface area contributed by atoms with Gasteiger partial charge in [-0.3, -0.25) is 0 Å². The van der Waals surface area contributed by atoms with Crippen molar-refractivity contribution in [2.75, 3.05) is 0 Å². The summed E-state index contributed by atoms with van der Waals surface area (Å²) in [6.45, 7) is 2.03. The summed E-state index contributed by atoms with van der Waals surface area (Å²) in [5.41, 5.74) is 14.1. The molecule has 1 aromatic carbocycles. The standard InChI is InChI=1S/C13H15BrN2/c1-9-6-7-13(16,12(15)8-9)10-2-4-11(14)5-3-10/h2-8,12H,15-16H2,1H3. The van der Waals surface area contributed by atoms with Crippen molar-refractivity contribution >= 4 is 15.9 Å². The van der Waals surface area contributed by atoms with Crippen molar-refractivity contribution in [3.8, 4) is 0 Å². The molecule has 1 aliphatic carbocycles. The molecule has 3 heteroatoms. The summed E-state index contributed by atoms with van der Waals surface area (Å²) in [4.78, 5) is 0. The molecular formula is C13H15BrN2. The van der Waals surface area contributed by atoms with Crippen LogP contribution in [0.1, 0.15) is 12.5 Å². The van der Waals surface area contributed by atoms with Gasteiger partial charge in [-0.05, 0) is 24.6 Å². The van der Waals surface area contributed by atoms with Crippen LogP contribution < -0.4 is 11.5 Å². The lowest BCUT2D eigenvalue weighted by atomic mass is 9.80. The monoisotopic (exact) mass is 278 g/mol. The highest BCUT2D eigenvalue weighted by molar-refractivity contribution is 9.10. The second kappa shape index (κ2) is 4.17. The van der Waals surface area contributed by atoms with Crippen molar-refractivity contribution in [3.05, 3.63) is 58.1 Å². The van der Waals surface area contributed by atoms with E-state index in [4.69, 9.17) is 11.5 Å². The summed E-state index contributed by atoms with van der Waals surface area (Å²) in [6, 6.07) is 7.79. The van der Waals surface area contributed by atoms with Gasteiger partial charge in [0, 0.05) is 10.5 Å². The molecule has 0 fully saturated rings. The summed E-state index contributed by atoms with van der Waals surface area (Å²) in [5, 5.41) is 0. The Morgan fingerprint density at radius 1 is 1.25 bits per heavy atom. The van der Waals surface area contributed by atoms with Gasteiger partial charge in [0.15, 0.2) is 0 Å². The Bertz CT molecular complexity index is 448. The average Bonchev–Trinajstić information content (AvgIpc) is 2.25. The second-order valence-corrected chi connectivity index (χ2v) is 5.13. The fraction of sp³-hybridized carbons (Fsp3) is 0.231. The van der Waals surface area contributed by atoms with Crippen molar-refractivity contribution in [2.24, 2.45) is 11.5 Å². The maximum atomic E-state index is 6.36. The third kappa shape index (κ3) is 1.98. The molecule has 0 bridgehead atoms. The van der Waals surface area contributed by atoms with E-state index in [2.05, 4.69) is 15.9 Å². The molecule has 0 aliphatic heterocycles. The third-order valence-electron chi connectivity index (χ3n) is 2.96. The molecule has 0 saturated carbocycles. The quantitative estimate of drug-likeness (QED) is 0.829. The molecule has 1 aliphatic rings. The topological polar surface area (TPSA) is 52.0 Å². The van der Waals surface area contributed by atoms with Gasteiger partial charge in [0.2, 0.25) is 0 Å². The van der Waals surface area contributed by atoms with Crippen molar-refractivity contribution in [1.82, 2.24) is 0 Å². The number of halogens is 1. The summed E-state index contributed by atoms with van der Waals surface area (Å²) < 4.78 is 1.04. The van der Waals surface area contributed by atoms with E-state index >= 15 is 0 Å². The SMILES string of the molecule is CC1=CC(N)C(N)(c2ccc(Br)cc2)C=C1. The lowest BCUT2D eigenvalue weighted by Crippen LogP contribution is -2.51. The fourth-order valence-electron chi connectivity index (χ4n) is 1.88. The van der Waals surface area contributed by atoms with Crippen molar-refractivity contribution in [2.45, 2.75) is 18.5 Å². The number of hydrogen-bond acceptors (Lipinski definition) is 2. The normalized spacial score (nSPS) is 29.0. The molecule has 84 valence electrons. The van der Waals surface area contributed by atoms with E-state index in [0.29, 0.717) is 0 Å². The number of nitrogens with two attached hydrogens (primary N) is 2. The van der Waals surface area contributed by atoms with Gasteiger partial charge in [-0.2, -0.15) is 0 Å². The molecule has 16 heavy (non-hydrogen) atoms. The van der Waals surface area contributed by atoms with Crippen LogP contribution in [0, 0.1) is 0 Å². The van der Waals surface area contributed by atoms with Crippen LogP contribution >= 0.6 is 15.9 Å². The average molecular weight is 279 g/mol. The number of allylic oxidation sites excluding steroid dienone is 2. The molecule has 0 aromatic heterocycles. The van der Waals surface area contributed by atoms with Crippen LogP contribution in [0.4, 0.5) is 0 Å². The lowest BCUT2D eigenvalue weighted by molar-refractivity contribution is 0.490. The van der Waals surface area contributed by atoms with Crippen LogP contribution in [0.5, 0.6) is 0 Å². The minimum atomic E-state index is -0.597. The smallest absolute Gasteiger partial charge is 0.0788 e. The molecule has 0 heterocycles. The Kier molecular flexibility index (Phi) is 3.02. The van der Waals surface area contributed by atoms with Crippen molar-refractivity contribution in [1.29, 1.82) is 0 Å². The number of rotatable bonds is 1. The van der Waals surface area contributed by atoms with E-state index in [1.807, 2.05) is 49.4 Å². The van der Waals surface area contributed by atoms with Crippen LogP contribution in [-0.4, -0.2) is 6.04 Å². The van der Waals surface area contributed by atoms with Crippen LogP contribution in [0.25, 0.3) is 0 Å². The van der Waals surface area contributed by atoms with Gasteiger partial charge < -0.3 is 11.5 Å². The molecule has 0 saturated heterocycles. The highest BCUT2D eigenvalue weighted by Gasteiger charge is 2.32. The molecule has 4 N–H and O–H groups in total. The molecule has 0 amide bonds. The maximum Gasteiger partial charge on any atom is 0.0788 e. The lowest BCUT2D eigenvalue weighted by Gasteiger charge is -2.34. The first-order valence-electron chi connectivity index (χ1n) is 5.20. The van der Waals surface area contributed by atoms with Gasteiger partial charge >= 0.3 is 0 Å². The molecule has 0 spiro atoms. The Morgan fingerprint density at radius 2 is 1.88 bits per heavy atom. The molecule has 1 aromatic rings. The Morgan fingerprint density at radius 3 is 2.44 bits per heavy atom. The maximum absolute atomic E-state index is 6.36. The van der Waals surface area contributed by atoms with Gasteiger partial charge in [0.1, 0.15) is 0 Å². The summed E-state index contributed by atoms with van der Waals surface area (Å²) in [5.74, 6) is 0. The first-order valence-corrected chi connectivity index (χ1v) is 6.00. The summed E-state index contributed by atoms with van der Waals surface area (Å²) >= 11 is 3.41. The van der Waals surface area contributed by atoms with Crippen LogP contribution in [0.3, 0.4) is 0 Å². The van der Waals surface area contributed by atoms with Crippen LogP contribution in [0.2, 0.25) is 0 Å². The fourth-order valence-corrected chi connectivity index (χ4v) is 2.15. The predicted molar refractivity (Wildman–Crippen MR) is 70.9 cm³/mol. The Balaban J connectivity index is 2.40. The minimum Gasteiger partial charge on any atom is -0.322 e. The molecule has 2 nitrogen and oxygen atoms in total. The predicted octanol–water partition coefficient (Wildman–Crippen LogP) is 2.45. The first-order chi connectivity index (χ1) is 7.52. The van der Waals surface area contributed by atoms with E-state index in [0.717, 1.165) is 15.6 Å². The molecule has 2 unspecified atom stereocenters. The Hall–Kier alpha value is -0.900. The highest BCUT2D eigenvalue weighted by Crippen LogP contribution is 2.29. The van der Waals surface area contributed by atoms with Gasteiger partial charge in [0.05, 0.1) is 5.54 Å². The zero-order valence-corrected chi connectivity index (χ0v) is 10.7. The van der Waals surface area contributed by atoms with Gasteiger partial charge in [0.25, 0.3) is 0 Å². The van der Waals surface area contributed by atoms with E-state index in [1.165, 1.54) is 0 Å². The molecule has 2 atom stereocenters.